The molecule has 2 unspecified atom stereocenters. The molecule has 4 heteroatoms. The average Bonchev–Trinajstić information content (AvgIpc) is 2.39. The van der Waals surface area contributed by atoms with Gasteiger partial charge in [0.15, 0.2) is 0 Å². The van der Waals surface area contributed by atoms with Crippen molar-refractivity contribution in [2.24, 2.45) is 0 Å². The number of hydrogen-bond acceptors (Lipinski definition) is 3. The Balaban J connectivity index is 2.93. The van der Waals surface area contributed by atoms with Gasteiger partial charge in [0, 0.05) is 6.54 Å². The van der Waals surface area contributed by atoms with E-state index in [9.17, 15) is 9.90 Å². The van der Waals surface area contributed by atoms with Gasteiger partial charge in [-0.3, -0.25) is 4.79 Å². The van der Waals surface area contributed by atoms with Crippen molar-refractivity contribution in [2.75, 3.05) is 6.54 Å². The Kier molecular flexibility index (Phi) is 4.87. The number of nitrogens with zero attached hydrogens (tertiary/aromatic N) is 2. The highest BCUT2D eigenvalue weighted by molar-refractivity contribution is 5.80. The van der Waals surface area contributed by atoms with Gasteiger partial charge in [-0.15, -0.1) is 0 Å². The van der Waals surface area contributed by atoms with Crippen LogP contribution in [-0.4, -0.2) is 28.6 Å². The topological polar surface area (TPSA) is 64.3 Å². The van der Waals surface area contributed by atoms with Crippen LogP contribution < -0.4 is 0 Å². The Labute approximate surface area is 107 Å². The fraction of sp³-hybridized carbons (Fsp3) is 0.429. The van der Waals surface area contributed by atoms with Crippen molar-refractivity contribution >= 4 is 5.91 Å². The summed E-state index contributed by atoms with van der Waals surface area (Å²) in [6.45, 7) is 5.78. The first-order valence-corrected chi connectivity index (χ1v) is 5.99. The molecule has 0 saturated heterocycles. The van der Waals surface area contributed by atoms with Crippen LogP contribution in [0.15, 0.2) is 24.3 Å². The maximum Gasteiger partial charge on any atom is 0.251 e. The second-order valence-corrected chi connectivity index (χ2v) is 4.21. The van der Waals surface area contributed by atoms with Crippen molar-refractivity contribution < 1.29 is 9.90 Å². The second kappa shape index (κ2) is 6.18. The molecule has 0 radical (unpaired) electrons. The summed E-state index contributed by atoms with van der Waals surface area (Å²) in [5, 5.41) is 18.1. The quantitative estimate of drug-likeness (QED) is 0.881. The molecule has 0 aliphatic rings. The Bertz CT molecular complexity index is 446. The number of amides is 1. The second-order valence-electron chi connectivity index (χ2n) is 4.21. The van der Waals surface area contributed by atoms with E-state index >= 15 is 0 Å². The summed E-state index contributed by atoms with van der Waals surface area (Å²) in [7, 11) is 0. The molecule has 0 heterocycles. The van der Waals surface area contributed by atoms with Gasteiger partial charge in [0.2, 0.25) is 0 Å². The lowest BCUT2D eigenvalue weighted by Gasteiger charge is -2.29. The average molecular weight is 246 g/mol. The number of benzene rings is 1. The van der Waals surface area contributed by atoms with Crippen LogP contribution >= 0.6 is 0 Å². The van der Waals surface area contributed by atoms with Gasteiger partial charge in [-0.1, -0.05) is 12.1 Å². The third-order valence-corrected chi connectivity index (χ3v) is 2.97. The SMILES string of the molecule is CCN(C(=O)C(C)O)C(C)c1ccc(C#N)cc1. The van der Waals surface area contributed by atoms with E-state index in [2.05, 4.69) is 6.07 Å². The minimum absolute atomic E-state index is 0.121. The Hall–Kier alpha value is -1.86. The molecular formula is C14H18N2O2. The highest BCUT2D eigenvalue weighted by Gasteiger charge is 2.22. The molecule has 4 nitrogen and oxygen atoms in total. The zero-order valence-corrected chi connectivity index (χ0v) is 10.9. The summed E-state index contributed by atoms with van der Waals surface area (Å²) in [5.74, 6) is -0.283. The number of hydrogen-bond donors (Lipinski definition) is 1. The summed E-state index contributed by atoms with van der Waals surface area (Å²) < 4.78 is 0. The lowest BCUT2D eigenvalue weighted by molar-refractivity contribution is -0.141. The van der Waals surface area contributed by atoms with Gasteiger partial charge in [0.1, 0.15) is 6.10 Å². The van der Waals surface area contributed by atoms with Gasteiger partial charge in [-0.25, -0.2) is 0 Å². The highest BCUT2D eigenvalue weighted by Crippen LogP contribution is 2.21. The van der Waals surface area contributed by atoms with Crippen LogP contribution in [0.3, 0.4) is 0 Å². The lowest BCUT2D eigenvalue weighted by Crippen LogP contribution is -2.39. The van der Waals surface area contributed by atoms with Gasteiger partial charge in [0.05, 0.1) is 17.7 Å². The first-order chi connectivity index (χ1) is 8.51. The van der Waals surface area contributed by atoms with Crippen molar-refractivity contribution in [3.05, 3.63) is 35.4 Å². The Morgan fingerprint density at radius 3 is 2.33 bits per heavy atom. The van der Waals surface area contributed by atoms with Crippen molar-refractivity contribution in [2.45, 2.75) is 32.9 Å². The number of carbonyl (C=O) groups is 1. The standard InChI is InChI=1S/C14H18N2O2/c1-4-16(14(18)11(3)17)10(2)13-7-5-12(9-15)6-8-13/h5-8,10-11,17H,4H2,1-3H3. The molecule has 0 bridgehead atoms. The van der Waals surface area contributed by atoms with E-state index in [1.807, 2.05) is 26.0 Å². The molecule has 1 aromatic carbocycles. The van der Waals surface area contributed by atoms with Crippen LogP contribution in [0.25, 0.3) is 0 Å². The monoisotopic (exact) mass is 246 g/mol. The molecular weight excluding hydrogens is 228 g/mol. The number of aliphatic hydroxyl groups is 1. The van der Waals surface area contributed by atoms with Crippen LogP contribution in [0.1, 0.15) is 37.9 Å². The number of likely N-dealkylation sites (N-methyl/N-ethyl adjacent to an activating group) is 1. The molecule has 1 N–H and O–H groups in total. The Morgan fingerprint density at radius 1 is 1.39 bits per heavy atom. The Morgan fingerprint density at radius 2 is 1.94 bits per heavy atom. The largest absolute Gasteiger partial charge is 0.384 e. The van der Waals surface area contributed by atoms with E-state index in [1.165, 1.54) is 6.92 Å². The molecule has 2 atom stereocenters. The fourth-order valence-electron chi connectivity index (χ4n) is 1.88. The van der Waals surface area contributed by atoms with E-state index in [0.717, 1.165) is 5.56 Å². The minimum Gasteiger partial charge on any atom is -0.384 e. The molecule has 0 aliphatic heterocycles. The first kappa shape index (κ1) is 14.2. The van der Waals surface area contributed by atoms with E-state index in [4.69, 9.17) is 5.26 Å². The molecule has 0 aromatic heterocycles. The van der Waals surface area contributed by atoms with Gasteiger partial charge < -0.3 is 10.0 Å². The summed E-state index contributed by atoms with van der Waals surface area (Å²) in [6, 6.07) is 9.06. The van der Waals surface area contributed by atoms with Crippen LogP contribution in [-0.2, 0) is 4.79 Å². The van der Waals surface area contributed by atoms with Crippen LogP contribution in [0, 0.1) is 11.3 Å². The molecule has 1 amide bonds. The van der Waals surface area contributed by atoms with E-state index in [1.54, 1.807) is 17.0 Å². The van der Waals surface area contributed by atoms with Gasteiger partial charge in [-0.2, -0.15) is 5.26 Å². The lowest BCUT2D eigenvalue weighted by atomic mass is 10.0. The van der Waals surface area contributed by atoms with Gasteiger partial charge in [0.25, 0.3) is 5.91 Å². The van der Waals surface area contributed by atoms with Crippen molar-refractivity contribution in [3.8, 4) is 6.07 Å². The first-order valence-electron chi connectivity index (χ1n) is 5.99. The summed E-state index contributed by atoms with van der Waals surface area (Å²) >= 11 is 0. The molecule has 0 spiro atoms. The van der Waals surface area contributed by atoms with Crippen molar-refractivity contribution in [1.29, 1.82) is 5.26 Å². The van der Waals surface area contributed by atoms with Crippen molar-refractivity contribution in [1.82, 2.24) is 4.90 Å². The number of nitriles is 1. The molecule has 0 aliphatic carbocycles. The van der Waals surface area contributed by atoms with E-state index < -0.39 is 6.10 Å². The predicted octanol–water partition coefficient (Wildman–Crippen LogP) is 1.85. The molecule has 1 aromatic rings. The smallest absolute Gasteiger partial charge is 0.251 e. The van der Waals surface area contributed by atoms with E-state index in [-0.39, 0.29) is 11.9 Å². The molecule has 96 valence electrons. The number of aliphatic hydroxyl groups excluding tert-OH is 1. The van der Waals surface area contributed by atoms with Crippen LogP contribution in [0.4, 0.5) is 0 Å². The van der Waals surface area contributed by atoms with Crippen LogP contribution in [0.2, 0.25) is 0 Å². The molecule has 1 rings (SSSR count). The molecule has 18 heavy (non-hydrogen) atoms. The summed E-state index contributed by atoms with van der Waals surface area (Å²) in [5.41, 5.74) is 1.54. The number of rotatable bonds is 4. The maximum atomic E-state index is 11.8. The third-order valence-electron chi connectivity index (χ3n) is 2.97. The fourth-order valence-corrected chi connectivity index (χ4v) is 1.88. The molecule has 0 fully saturated rings. The van der Waals surface area contributed by atoms with Crippen molar-refractivity contribution in [3.63, 3.8) is 0 Å². The number of carbonyl (C=O) groups excluding carboxylic acids is 1. The summed E-state index contributed by atoms with van der Waals surface area (Å²) in [4.78, 5) is 13.5. The van der Waals surface area contributed by atoms with Gasteiger partial charge >= 0.3 is 0 Å². The molecule has 0 saturated carbocycles. The normalized spacial score (nSPS) is 13.5. The minimum atomic E-state index is -0.995. The predicted molar refractivity (Wildman–Crippen MR) is 68.6 cm³/mol. The third kappa shape index (κ3) is 3.08. The van der Waals surface area contributed by atoms with Crippen LogP contribution in [0.5, 0.6) is 0 Å². The van der Waals surface area contributed by atoms with E-state index in [0.29, 0.717) is 12.1 Å². The zero-order chi connectivity index (χ0) is 13.7. The summed E-state index contributed by atoms with van der Waals surface area (Å²) in [6.07, 6.45) is -0.995. The maximum absolute atomic E-state index is 11.8. The van der Waals surface area contributed by atoms with Gasteiger partial charge in [-0.05, 0) is 38.5 Å². The zero-order valence-electron chi connectivity index (χ0n) is 10.9. The highest BCUT2D eigenvalue weighted by atomic mass is 16.3.